The summed E-state index contributed by atoms with van der Waals surface area (Å²) in [5.41, 5.74) is 1.89. The summed E-state index contributed by atoms with van der Waals surface area (Å²) < 4.78 is 11.8. The number of benzene rings is 2. The number of halogens is 1. The van der Waals surface area contributed by atoms with Gasteiger partial charge >= 0.3 is 0 Å². The molecule has 0 saturated carbocycles. The molecule has 4 nitrogen and oxygen atoms in total. The van der Waals surface area contributed by atoms with Crippen LogP contribution in [0.2, 0.25) is 5.15 Å². The van der Waals surface area contributed by atoms with E-state index in [-0.39, 0.29) is 0 Å². The van der Waals surface area contributed by atoms with E-state index in [9.17, 15) is 0 Å². The van der Waals surface area contributed by atoms with Crippen LogP contribution in [0.4, 0.5) is 0 Å². The van der Waals surface area contributed by atoms with Gasteiger partial charge < -0.3 is 9.47 Å². The van der Waals surface area contributed by atoms with Crippen molar-refractivity contribution in [2.45, 2.75) is 52.1 Å². The normalized spacial score (nSPS) is 10.7. The van der Waals surface area contributed by atoms with Crippen LogP contribution >= 0.6 is 11.6 Å². The van der Waals surface area contributed by atoms with E-state index in [0.29, 0.717) is 29.9 Å². The average molecular weight is 425 g/mol. The van der Waals surface area contributed by atoms with Crippen LogP contribution in [0.5, 0.6) is 11.5 Å². The summed E-state index contributed by atoms with van der Waals surface area (Å²) in [6.07, 6.45) is 9.01. The second kappa shape index (κ2) is 12.2. The van der Waals surface area contributed by atoms with Crippen molar-refractivity contribution in [2.75, 3.05) is 6.61 Å². The molecule has 0 spiro atoms. The third-order valence-electron chi connectivity index (χ3n) is 4.83. The van der Waals surface area contributed by atoms with Crippen LogP contribution in [0.3, 0.4) is 0 Å². The fourth-order valence-corrected chi connectivity index (χ4v) is 3.34. The number of aromatic nitrogens is 2. The second-order valence-corrected chi connectivity index (χ2v) is 7.59. The highest BCUT2D eigenvalue weighted by atomic mass is 35.5. The summed E-state index contributed by atoms with van der Waals surface area (Å²) in [6.45, 7) is 3.34. The molecule has 0 fully saturated rings. The number of para-hydroxylation sites is 1. The zero-order chi connectivity index (χ0) is 21.0. The van der Waals surface area contributed by atoms with Gasteiger partial charge in [0.2, 0.25) is 0 Å². The Balaban J connectivity index is 1.59. The largest absolute Gasteiger partial charge is 0.493 e. The maximum Gasteiger partial charge on any atom is 0.175 e. The molecule has 1 heterocycles. The number of rotatable bonds is 12. The van der Waals surface area contributed by atoms with Crippen molar-refractivity contribution in [3.63, 3.8) is 0 Å². The first-order valence-corrected chi connectivity index (χ1v) is 11.1. The molecule has 2 aromatic carbocycles. The van der Waals surface area contributed by atoms with Gasteiger partial charge in [-0.1, -0.05) is 93.1 Å². The van der Waals surface area contributed by atoms with Crippen LogP contribution in [0.1, 0.15) is 51.0 Å². The van der Waals surface area contributed by atoms with Crippen molar-refractivity contribution in [3.05, 3.63) is 71.5 Å². The van der Waals surface area contributed by atoms with Gasteiger partial charge in [0.15, 0.2) is 16.7 Å². The zero-order valence-electron chi connectivity index (χ0n) is 17.5. The molecule has 0 unspecified atom stereocenters. The summed E-state index contributed by atoms with van der Waals surface area (Å²) in [7, 11) is 0. The second-order valence-electron chi connectivity index (χ2n) is 7.24. The summed E-state index contributed by atoms with van der Waals surface area (Å²) in [5.74, 6) is 1.78. The molecule has 0 N–H and O–H groups in total. The van der Waals surface area contributed by atoms with Crippen LogP contribution < -0.4 is 9.47 Å². The Hall–Kier alpha value is -2.59. The van der Waals surface area contributed by atoms with Gasteiger partial charge in [0.1, 0.15) is 12.4 Å². The molecule has 3 rings (SSSR count). The van der Waals surface area contributed by atoms with Crippen molar-refractivity contribution in [3.8, 4) is 22.9 Å². The molecule has 0 radical (unpaired) electrons. The van der Waals surface area contributed by atoms with E-state index in [1.54, 1.807) is 6.20 Å². The predicted octanol–water partition coefficient (Wildman–Crippen LogP) is 7.12. The standard InChI is InChI=1S/C25H29ClN2O2/c1-2-3-4-5-6-12-17-29-22-16-11-10-15-21(22)25-27-18-23(24(26)28-25)30-19-20-13-8-7-9-14-20/h7-11,13-16,18H,2-6,12,17,19H2,1H3. The molecular formula is C25H29ClN2O2. The molecule has 30 heavy (non-hydrogen) atoms. The number of ether oxygens (including phenoxy) is 2. The zero-order valence-corrected chi connectivity index (χ0v) is 18.3. The Labute approximate surface area is 184 Å². The molecule has 5 heteroatoms. The molecule has 0 saturated heterocycles. The van der Waals surface area contributed by atoms with Gasteiger partial charge in [-0.15, -0.1) is 0 Å². The lowest BCUT2D eigenvalue weighted by Gasteiger charge is -2.12. The lowest BCUT2D eigenvalue weighted by atomic mass is 10.1. The Morgan fingerprint density at radius 1 is 0.800 bits per heavy atom. The average Bonchev–Trinajstić information content (AvgIpc) is 2.78. The van der Waals surface area contributed by atoms with Gasteiger partial charge in [-0.3, -0.25) is 0 Å². The van der Waals surface area contributed by atoms with E-state index in [1.807, 2.05) is 54.6 Å². The van der Waals surface area contributed by atoms with Crippen molar-refractivity contribution in [1.82, 2.24) is 9.97 Å². The van der Waals surface area contributed by atoms with E-state index >= 15 is 0 Å². The predicted molar refractivity (Wildman–Crippen MR) is 122 cm³/mol. The van der Waals surface area contributed by atoms with Crippen molar-refractivity contribution in [2.24, 2.45) is 0 Å². The van der Waals surface area contributed by atoms with Crippen LogP contribution in [-0.2, 0) is 6.61 Å². The van der Waals surface area contributed by atoms with Gasteiger partial charge in [0.25, 0.3) is 0 Å². The molecule has 0 amide bonds. The van der Waals surface area contributed by atoms with Crippen LogP contribution in [0.15, 0.2) is 60.8 Å². The van der Waals surface area contributed by atoms with E-state index in [0.717, 1.165) is 23.3 Å². The fraction of sp³-hybridized carbons (Fsp3) is 0.360. The van der Waals surface area contributed by atoms with Gasteiger partial charge in [-0.05, 0) is 24.1 Å². The number of unbranched alkanes of at least 4 members (excludes halogenated alkanes) is 5. The number of hydrogen-bond acceptors (Lipinski definition) is 4. The maximum absolute atomic E-state index is 6.37. The Kier molecular flexibility index (Phi) is 8.98. The van der Waals surface area contributed by atoms with Gasteiger partial charge in [-0.2, -0.15) is 0 Å². The first-order valence-electron chi connectivity index (χ1n) is 10.7. The molecule has 3 aromatic rings. The maximum atomic E-state index is 6.37. The fourth-order valence-electron chi connectivity index (χ4n) is 3.15. The Morgan fingerprint density at radius 2 is 1.53 bits per heavy atom. The molecule has 0 aliphatic heterocycles. The first kappa shape index (κ1) is 22.1. The molecule has 0 aliphatic rings. The van der Waals surface area contributed by atoms with Gasteiger partial charge in [0.05, 0.1) is 18.4 Å². The molecule has 0 aliphatic carbocycles. The van der Waals surface area contributed by atoms with E-state index in [1.165, 1.54) is 32.1 Å². The monoisotopic (exact) mass is 424 g/mol. The Bertz CT molecular complexity index is 903. The third kappa shape index (κ3) is 6.74. The molecule has 158 valence electrons. The van der Waals surface area contributed by atoms with Crippen molar-refractivity contribution < 1.29 is 9.47 Å². The highest BCUT2D eigenvalue weighted by Crippen LogP contribution is 2.31. The highest BCUT2D eigenvalue weighted by Gasteiger charge is 2.12. The minimum absolute atomic E-state index is 0.293. The van der Waals surface area contributed by atoms with Gasteiger partial charge in [0, 0.05) is 0 Å². The molecule has 0 bridgehead atoms. The van der Waals surface area contributed by atoms with Crippen LogP contribution in [0, 0.1) is 0 Å². The van der Waals surface area contributed by atoms with Gasteiger partial charge in [-0.25, -0.2) is 9.97 Å². The Morgan fingerprint density at radius 3 is 2.33 bits per heavy atom. The number of nitrogens with zero attached hydrogens (tertiary/aromatic N) is 2. The summed E-state index contributed by atoms with van der Waals surface area (Å²) >= 11 is 6.37. The van der Waals surface area contributed by atoms with E-state index in [4.69, 9.17) is 21.1 Å². The molecule has 0 atom stereocenters. The lowest BCUT2D eigenvalue weighted by Crippen LogP contribution is -2.01. The minimum Gasteiger partial charge on any atom is -0.493 e. The minimum atomic E-state index is 0.293. The summed E-state index contributed by atoms with van der Waals surface area (Å²) in [4.78, 5) is 8.90. The summed E-state index contributed by atoms with van der Waals surface area (Å²) in [6, 6.07) is 17.7. The van der Waals surface area contributed by atoms with Crippen molar-refractivity contribution >= 4 is 11.6 Å². The molecule has 1 aromatic heterocycles. The first-order chi connectivity index (χ1) is 14.8. The van der Waals surface area contributed by atoms with Crippen LogP contribution in [0.25, 0.3) is 11.4 Å². The quantitative estimate of drug-likeness (QED) is 0.229. The summed E-state index contributed by atoms with van der Waals surface area (Å²) in [5, 5.41) is 0.293. The lowest BCUT2D eigenvalue weighted by molar-refractivity contribution is 0.303. The number of hydrogen-bond donors (Lipinski definition) is 0. The molecular weight excluding hydrogens is 396 g/mol. The smallest absolute Gasteiger partial charge is 0.175 e. The SMILES string of the molecule is CCCCCCCCOc1ccccc1-c1ncc(OCc2ccccc2)c(Cl)n1. The van der Waals surface area contributed by atoms with E-state index < -0.39 is 0 Å². The van der Waals surface area contributed by atoms with Crippen LogP contribution in [-0.4, -0.2) is 16.6 Å². The highest BCUT2D eigenvalue weighted by molar-refractivity contribution is 6.30. The van der Waals surface area contributed by atoms with E-state index in [2.05, 4.69) is 16.9 Å². The van der Waals surface area contributed by atoms with Crippen molar-refractivity contribution in [1.29, 1.82) is 0 Å². The topological polar surface area (TPSA) is 44.2 Å². The third-order valence-corrected chi connectivity index (χ3v) is 5.10.